The predicted octanol–water partition coefficient (Wildman–Crippen LogP) is 2.83. The number of aryl methyl sites for hydroxylation is 1. The minimum absolute atomic E-state index is 0.639. The monoisotopic (exact) mass is 260 g/mol. The largest absolute Gasteiger partial charge is 0.383 e. The molecule has 3 rings (SSSR count). The lowest BCUT2D eigenvalue weighted by atomic mass is 9.78. The second-order valence-electron chi connectivity index (χ2n) is 6.05. The smallest absolute Gasteiger partial charge is 0.137 e. The van der Waals surface area contributed by atoms with Crippen molar-refractivity contribution in [3.05, 3.63) is 11.4 Å². The molecule has 4 heteroatoms. The molecule has 2 aliphatic rings. The molecule has 1 aliphatic carbocycles. The average molecular weight is 260 g/mol. The zero-order valence-electron chi connectivity index (χ0n) is 12.0. The van der Waals surface area contributed by atoms with Crippen LogP contribution in [-0.2, 0) is 0 Å². The zero-order chi connectivity index (χ0) is 13.4. The number of piperidine rings is 1. The summed E-state index contributed by atoms with van der Waals surface area (Å²) in [6.45, 7) is 5.11. The van der Waals surface area contributed by atoms with E-state index in [1.54, 1.807) is 0 Å². The highest BCUT2D eigenvalue weighted by Crippen LogP contribution is 2.38. The molecule has 2 heterocycles. The topological polar surface area (TPSA) is 55.0 Å². The number of fused-ring (bicyclic) bond motifs is 1. The van der Waals surface area contributed by atoms with Gasteiger partial charge in [-0.3, -0.25) is 0 Å². The van der Waals surface area contributed by atoms with Crippen molar-refractivity contribution in [3.8, 4) is 0 Å². The maximum atomic E-state index is 6.02. The maximum absolute atomic E-state index is 6.02. The molecular formula is C15H24N4. The van der Waals surface area contributed by atoms with Gasteiger partial charge < -0.3 is 10.6 Å². The van der Waals surface area contributed by atoms with E-state index in [-0.39, 0.29) is 0 Å². The highest BCUT2D eigenvalue weighted by molar-refractivity contribution is 5.57. The Morgan fingerprint density at radius 3 is 2.63 bits per heavy atom. The number of nitrogens with zero attached hydrogens (tertiary/aromatic N) is 3. The van der Waals surface area contributed by atoms with Crippen LogP contribution >= 0.6 is 0 Å². The lowest BCUT2D eigenvalue weighted by Gasteiger charge is -2.45. The third kappa shape index (κ3) is 2.28. The number of rotatable bonds is 1. The fourth-order valence-corrected chi connectivity index (χ4v) is 3.80. The normalized spacial score (nSPS) is 27.2. The predicted molar refractivity (Wildman–Crippen MR) is 78.2 cm³/mol. The highest BCUT2D eigenvalue weighted by Gasteiger charge is 2.34. The number of aromatic nitrogens is 2. The molecule has 4 nitrogen and oxygen atoms in total. The van der Waals surface area contributed by atoms with Gasteiger partial charge in [-0.05, 0) is 45.4 Å². The third-order valence-electron chi connectivity index (χ3n) is 4.78. The van der Waals surface area contributed by atoms with E-state index >= 15 is 0 Å². The molecule has 0 bridgehead atoms. The van der Waals surface area contributed by atoms with Gasteiger partial charge in [0.1, 0.15) is 17.5 Å². The molecule has 0 radical (unpaired) electrons. The molecule has 0 aromatic carbocycles. The van der Waals surface area contributed by atoms with Crippen molar-refractivity contribution in [1.82, 2.24) is 9.97 Å². The molecule has 0 amide bonds. The van der Waals surface area contributed by atoms with Crippen LogP contribution in [0.15, 0.2) is 0 Å². The van der Waals surface area contributed by atoms with Crippen LogP contribution in [0.1, 0.15) is 49.9 Å². The molecule has 1 aromatic heterocycles. The summed E-state index contributed by atoms with van der Waals surface area (Å²) < 4.78 is 0. The van der Waals surface area contributed by atoms with Crippen LogP contribution in [0.5, 0.6) is 0 Å². The van der Waals surface area contributed by atoms with Crippen LogP contribution in [0.3, 0.4) is 0 Å². The minimum Gasteiger partial charge on any atom is -0.383 e. The second kappa shape index (κ2) is 4.99. The summed E-state index contributed by atoms with van der Waals surface area (Å²) in [7, 11) is 0. The van der Waals surface area contributed by atoms with E-state index in [9.17, 15) is 0 Å². The Morgan fingerprint density at radius 1 is 1.05 bits per heavy atom. The Morgan fingerprint density at radius 2 is 1.79 bits per heavy atom. The first-order valence-electron chi connectivity index (χ1n) is 7.54. The van der Waals surface area contributed by atoms with Gasteiger partial charge in [0.2, 0.25) is 0 Å². The standard InChI is InChI=1S/C15H24N4/c1-10-14(16)17-11(2)18-15(10)19-9-5-7-12-6-3-4-8-13(12)19/h12-13H,3-9H2,1-2H3,(H2,16,17,18)/t12-,13-/m1/s1. The zero-order valence-corrected chi connectivity index (χ0v) is 12.0. The Hall–Kier alpha value is -1.32. The van der Waals surface area contributed by atoms with E-state index < -0.39 is 0 Å². The van der Waals surface area contributed by atoms with E-state index in [1.165, 1.54) is 38.5 Å². The van der Waals surface area contributed by atoms with Gasteiger partial charge in [-0.1, -0.05) is 12.8 Å². The summed E-state index contributed by atoms with van der Waals surface area (Å²) >= 11 is 0. The first-order valence-corrected chi connectivity index (χ1v) is 7.54. The van der Waals surface area contributed by atoms with Crippen molar-refractivity contribution < 1.29 is 0 Å². The lowest BCUT2D eigenvalue weighted by molar-refractivity contribution is 0.242. The summed E-state index contributed by atoms with van der Waals surface area (Å²) in [6.07, 6.45) is 8.13. The SMILES string of the molecule is Cc1nc(N)c(C)c(N2CCC[C@H]3CCCC[C@H]32)n1. The lowest BCUT2D eigenvalue weighted by Crippen LogP contribution is -2.47. The number of nitrogens with two attached hydrogens (primary N) is 1. The van der Waals surface area contributed by atoms with Gasteiger partial charge in [-0.25, -0.2) is 9.97 Å². The van der Waals surface area contributed by atoms with Gasteiger partial charge >= 0.3 is 0 Å². The van der Waals surface area contributed by atoms with Crippen LogP contribution in [0.25, 0.3) is 0 Å². The first-order chi connectivity index (χ1) is 9.16. The molecule has 0 unspecified atom stereocenters. The Kier molecular flexibility index (Phi) is 3.33. The van der Waals surface area contributed by atoms with E-state index in [2.05, 4.69) is 21.8 Å². The van der Waals surface area contributed by atoms with Crippen molar-refractivity contribution in [1.29, 1.82) is 0 Å². The maximum Gasteiger partial charge on any atom is 0.137 e. The van der Waals surface area contributed by atoms with Crippen LogP contribution in [0.2, 0.25) is 0 Å². The summed E-state index contributed by atoms with van der Waals surface area (Å²) in [5, 5.41) is 0. The Bertz CT molecular complexity index is 469. The van der Waals surface area contributed by atoms with Gasteiger partial charge in [-0.2, -0.15) is 0 Å². The molecule has 104 valence electrons. The number of nitrogen functional groups attached to an aromatic ring is 1. The van der Waals surface area contributed by atoms with Crippen molar-refractivity contribution in [2.45, 2.75) is 58.4 Å². The number of anilines is 2. The van der Waals surface area contributed by atoms with Crippen LogP contribution in [-0.4, -0.2) is 22.6 Å². The van der Waals surface area contributed by atoms with Crippen molar-refractivity contribution in [2.24, 2.45) is 5.92 Å². The van der Waals surface area contributed by atoms with E-state index in [4.69, 9.17) is 5.73 Å². The Labute approximate surface area is 115 Å². The van der Waals surface area contributed by atoms with Gasteiger partial charge in [0, 0.05) is 18.2 Å². The number of hydrogen-bond donors (Lipinski definition) is 1. The average Bonchev–Trinajstić information content (AvgIpc) is 2.42. The molecule has 1 saturated carbocycles. The van der Waals surface area contributed by atoms with Crippen molar-refractivity contribution in [2.75, 3.05) is 17.2 Å². The molecule has 0 spiro atoms. The molecule has 1 aliphatic heterocycles. The summed E-state index contributed by atoms with van der Waals surface area (Å²) in [6, 6.07) is 0.676. The van der Waals surface area contributed by atoms with Crippen molar-refractivity contribution >= 4 is 11.6 Å². The minimum atomic E-state index is 0.639. The quantitative estimate of drug-likeness (QED) is 0.843. The molecular weight excluding hydrogens is 236 g/mol. The fourth-order valence-electron chi connectivity index (χ4n) is 3.80. The molecule has 2 fully saturated rings. The van der Waals surface area contributed by atoms with Crippen LogP contribution in [0, 0.1) is 19.8 Å². The molecule has 2 N–H and O–H groups in total. The van der Waals surface area contributed by atoms with Gasteiger partial charge in [-0.15, -0.1) is 0 Å². The van der Waals surface area contributed by atoms with E-state index in [0.717, 1.165) is 29.7 Å². The summed E-state index contributed by atoms with van der Waals surface area (Å²) in [5.41, 5.74) is 7.07. The molecule has 1 aromatic rings. The number of hydrogen-bond acceptors (Lipinski definition) is 4. The van der Waals surface area contributed by atoms with E-state index in [0.29, 0.717) is 11.9 Å². The van der Waals surface area contributed by atoms with E-state index in [1.807, 2.05) is 6.92 Å². The fraction of sp³-hybridized carbons (Fsp3) is 0.733. The Balaban J connectivity index is 1.96. The second-order valence-corrected chi connectivity index (χ2v) is 6.05. The molecule has 1 saturated heterocycles. The van der Waals surface area contributed by atoms with Gasteiger partial charge in [0.05, 0.1) is 0 Å². The summed E-state index contributed by atoms with van der Waals surface area (Å²) in [4.78, 5) is 11.5. The molecule has 2 atom stereocenters. The van der Waals surface area contributed by atoms with Gasteiger partial charge in [0.15, 0.2) is 0 Å². The molecule has 19 heavy (non-hydrogen) atoms. The highest BCUT2D eigenvalue weighted by atomic mass is 15.2. The first kappa shape index (κ1) is 12.7. The van der Waals surface area contributed by atoms with Gasteiger partial charge in [0.25, 0.3) is 0 Å². The van der Waals surface area contributed by atoms with Crippen LogP contribution < -0.4 is 10.6 Å². The third-order valence-corrected chi connectivity index (χ3v) is 4.78. The summed E-state index contributed by atoms with van der Waals surface area (Å²) in [5.74, 6) is 3.37. The van der Waals surface area contributed by atoms with Crippen LogP contribution in [0.4, 0.5) is 11.6 Å². The van der Waals surface area contributed by atoms with Crippen molar-refractivity contribution in [3.63, 3.8) is 0 Å².